The van der Waals surface area contributed by atoms with E-state index in [1.165, 1.54) is 25.1 Å². The van der Waals surface area contributed by atoms with Gasteiger partial charge in [0, 0.05) is 6.54 Å². The topological polar surface area (TPSA) is 67.2 Å². The van der Waals surface area contributed by atoms with E-state index in [1.807, 2.05) is 13.8 Å². The van der Waals surface area contributed by atoms with Crippen molar-refractivity contribution in [2.45, 2.75) is 39.4 Å². The van der Waals surface area contributed by atoms with E-state index in [1.54, 1.807) is 6.07 Å². The number of aromatic nitrogens is 2. The van der Waals surface area contributed by atoms with Crippen LogP contribution in [0.5, 0.6) is 0 Å². The highest BCUT2D eigenvalue weighted by Crippen LogP contribution is 2.27. The molecule has 1 aromatic carbocycles. The van der Waals surface area contributed by atoms with E-state index in [-0.39, 0.29) is 11.0 Å². The van der Waals surface area contributed by atoms with Gasteiger partial charge in [-0.15, -0.1) is 0 Å². The van der Waals surface area contributed by atoms with Crippen molar-refractivity contribution < 1.29 is 18.0 Å². The van der Waals surface area contributed by atoms with E-state index >= 15 is 0 Å². The molecular formula is C19H25F3N4O2. The first-order valence-electron chi connectivity index (χ1n) is 9.29. The number of carbonyl (C=O) groups is 1. The number of benzene rings is 1. The maximum atomic E-state index is 13.2. The lowest BCUT2D eigenvalue weighted by Gasteiger charge is -2.20. The largest absolute Gasteiger partial charge is 0.438 e. The fraction of sp³-hybridized carbons (Fsp3) is 0.526. The normalized spacial score (nSPS) is 13.1. The Labute approximate surface area is 161 Å². The fourth-order valence-electron chi connectivity index (χ4n) is 3.04. The number of hydrogen-bond acceptors (Lipinski definition) is 4. The molecule has 0 saturated carbocycles. The molecule has 0 saturated heterocycles. The number of fused-ring (bicyclic) bond motifs is 1. The molecule has 1 N–H and O–H groups in total. The molecular weight excluding hydrogens is 373 g/mol. The monoisotopic (exact) mass is 398 g/mol. The molecule has 0 aliphatic carbocycles. The Hall–Kier alpha value is -2.42. The predicted molar refractivity (Wildman–Crippen MR) is 101 cm³/mol. The number of amides is 1. The van der Waals surface area contributed by atoms with Gasteiger partial charge in [0.25, 0.3) is 5.56 Å². The van der Waals surface area contributed by atoms with E-state index in [9.17, 15) is 22.8 Å². The smallest absolute Gasteiger partial charge is 0.354 e. The summed E-state index contributed by atoms with van der Waals surface area (Å²) >= 11 is 0. The molecule has 0 spiro atoms. The summed E-state index contributed by atoms with van der Waals surface area (Å²) in [4.78, 5) is 30.6. The Morgan fingerprint density at radius 1 is 1.25 bits per heavy atom. The standard InChI is InChI=1S/C19H25F3N4O2/c1-4-25(5-2)12-8-11-23-17(27)13(3)26-15-10-7-6-9-14(15)24-16(18(26)28)19(20,21)22/h6-7,9-10,13H,4-5,8,11-12H2,1-3H3,(H,23,27)/t13-/m0/s1. The van der Waals surface area contributed by atoms with Crippen molar-refractivity contribution in [1.29, 1.82) is 0 Å². The second-order valence-corrected chi connectivity index (χ2v) is 6.47. The molecule has 1 aromatic heterocycles. The van der Waals surface area contributed by atoms with E-state index in [2.05, 4.69) is 15.2 Å². The summed E-state index contributed by atoms with van der Waals surface area (Å²) in [5.74, 6) is -0.508. The summed E-state index contributed by atoms with van der Waals surface area (Å²) < 4.78 is 40.6. The van der Waals surface area contributed by atoms with Crippen LogP contribution in [0.25, 0.3) is 11.0 Å². The van der Waals surface area contributed by atoms with Gasteiger partial charge in [-0.1, -0.05) is 26.0 Å². The number of nitrogens with one attached hydrogen (secondary N) is 1. The number of hydrogen-bond donors (Lipinski definition) is 1. The van der Waals surface area contributed by atoms with Crippen LogP contribution >= 0.6 is 0 Å². The van der Waals surface area contributed by atoms with Gasteiger partial charge in [0.1, 0.15) is 6.04 Å². The van der Waals surface area contributed by atoms with Gasteiger partial charge in [0.2, 0.25) is 11.6 Å². The van der Waals surface area contributed by atoms with Crippen LogP contribution in [-0.2, 0) is 11.0 Å². The minimum atomic E-state index is -4.90. The minimum absolute atomic E-state index is 0.00982. The Kier molecular flexibility index (Phi) is 7.17. The van der Waals surface area contributed by atoms with Crippen LogP contribution < -0.4 is 10.9 Å². The van der Waals surface area contributed by atoms with E-state index in [4.69, 9.17) is 0 Å². The van der Waals surface area contributed by atoms with Crippen LogP contribution in [0.15, 0.2) is 29.1 Å². The summed E-state index contributed by atoms with van der Waals surface area (Å²) in [5.41, 5.74) is -2.65. The second kappa shape index (κ2) is 9.18. The van der Waals surface area contributed by atoms with Crippen LogP contribution in [0.3, 0.4) is 0 Å². The molecule has 0 bridgehead atoms. The molecule has 1 heterocycles. The summed E-state index contributed by atoms with van der Waals surface area (Å²) in [7, 11) is 0. The molecule has 0 aliphatic heterocycles. The van der Waals surface area contributed by atoms with Crippen molar-refractivity contribution >= 4 is 16.9 Å². The zero-order valence-electron chi connectivity index (χ0n) is 16.2. The van der Waals surface area contributed by atoms with Crippen LogP contribution in [0.1, 0.15) is 38.9 Å². The highest BCUT2D eigenvalue weighted by atomic mass is 19.4. The zero-order chi connectivity index (χ0) is 20.9. The van der Waals surface area contributed by atoms with Crippen molar-refractivity contribution in [3.63, 3.8) is 0 Å². The van der Waals surface area contributed by atoms with E-state index in [0.717, 1.165) is 24.2 Å². The average molecular weight is 398 g/mol. The van der Waals surface area contributed by atoms with Crippen LogP contribution in [0.2, 0.25) is 0 Å². The first kappa shape index (κ1) is 21.9. The zero-order valence-corrected chi connectivity index (χ0v) is 16.2. The van der Waals surface area contributed by atoms with Gasteiger partial charge in [-0.3, -0.25) is 14.2 Å². The molecule has 9 heteroatoms. The van der Waals surface area contributed by atoms with Crippen molar-refractivity contribution in [2.24, 2.45) is 0 Å². The van der Waals surface area contributed by atoms with E-state index in [0.29, 0.717) is 13.0 Å². The Morgan fingerprint density at radius 2 is 1.89 bits per heavy atom. The maximum absolute atomic E-state index is 13.2. The quantitative estimate of drug-likeness (QED) is 0.695. The molecule has 0 unspecified atom stereocenters. The molecule has 0 fully saturated rings. The molecule has 1 amide bonds. The number of para-hydroxylation sites is 2. The van der Waals surface area contributed by atoms with Crippen LogP contribution in [-0.4, -0.2) is 46.5 Å². The highest BCUT2D eigenvalue weighted by Gasteiger charge is 2.38. The van der Waals surface area contributed by atoms with Gasteiger partial charge in [0.15, 0.2) is 0 Å². The molecule has 1 atom stereocenters. The lowest BCUT2D eigenvalue weighted by atomic mass is 10.2. The van der Waals surface area contributed by atoms with Gasteiger partial charge in [0.05, 0.1) is 11.0 Å². The Bertz CT molecular complexity index is 876. The third-order valence-corrected chi connectivity index (χ3v) is 4.67. The minimum Gasteiger partial charge on any atom is -0.354 e. The van der Waals surface area contributed by atoms with Gasteiger partial charge >= 0.3 is 6.18 Å². The lowest BCUT2D eigenvalue weighted by molar-refractivity contribution is -0.142. The van der Waals surface area contributed by atoms with Crippen molar-refractivity contribution in [3.05, 3.63) is 40.3 Å². The summed E-state index contributed by atoms with van der Waals surface area (Å²) in [6.07, 6.45) is -4.19. The second-order valence-electron chi connectivity index (χ2n) is 6.47. The number of halogens is 3. The predicted octanol–water partition coefficient (Wildman–Crippen LogP) is 2.82. The molecule has 0 radical (unpaired) electrons. The third kappa shape index (κ3) is 4.89. The molecule has 6 nitrogen and oxygen atoms in total. The lowest BCUT2D eigenvalue weighted by Crippen LogP contribution is -2.39. The summed E-state index contributed by atoms with van der Waals surface area (Å²) in [6.45, 7) is 8.49. The van der Waals surface area contributed by atoms with Crippen LogP contribution in [0, 0.1) is 0 Å². The SMILES string of the molecule is CCN(CC)CCCNC(=O)[C@H](C)n1c(=O)c(C(F)(F)F)nc2ccccc21. The number of alkyl halides is 3. The van der Waals surface area contributed by atoms with Crippen molar-refractivity contribution in [3.8, 4) is 0 Å². The molecule has 2 aromatic rings. The molecule has 154 valence electrons. The first-order valence-corrected chi connectivity index (χ1v) is 9.29. The molecule has 28 heavy (non-hydrogen) atoms. The van der Waals surface area contributed by atoms with Gasteiger partial charge in [-0.25, -0.2) is 4.98 Å². The Morgan fingerprint density at radius 3 is 2.50 bits per heavy atom. The van der Waals surface area contributed by atoms with Gasteiger partial charge in [-0.2, -0.15) is 13.2 Å². The van der Waals surface area contributed by atoms with Gasteiger partial charge in [-0.05, 0) is 45.1 Å². The number of nitrogens with zero attached hydrogens (tertiary/aromatic N) is 3. The fourth-order valence-corrected chi connectivity index (χ4v) is 3.04. The number of rotatable bonds is 8. The average Bonchev–Trinajstić information content (AvgIpc) is 2.66. The Balaban J connectivity index is 2.27. The highest BCUT2D eigenvalue weighted by molar-refractivity contribution is 5.83. The van der Waals surface area contributed by atoms with Crippen molar-refractivity contribution in [2.75, 3.05) is 26.2 Å². The molecule has 2 rings (SSSR count). The van der Waals surface area contributed by atoms with E-state index < -0.39 is 29.4 Å². The van der Waals surface area contributed by atoms with Gasteiger partial charge < -0.3 is 10.2 Å². The van der Waals surface area contributed by atoms with Crippen molar-refractivity contribution in [1.82, 2.24) is 19.8 Å². The third-order valence-electron chi connectivity index (χ3n) is 4.67. The summed E-state index contributed by atoms with van der Waals surface area (Å²) in [5, 5.41) is 2.71. The maximum Gasteiger partial charge on any atom is 0.438 e. The van der Waals surface area contributed by atoms with Crippen LogP contribution in [0.4, 0.5) is 13.2 Å². The molecule has 0 aliphatic rings. The number of carbonyl (C=O) groups excluding carboxylic acids is 1. The summed E-state index contributed by atoms with van der Waals surface area (Å²) in [6, 6.07) is 4.88. The first-order chi connectivity index (χ1) is 13.2.